The Hall–Kier alpha value is -1.82. The van der Waals surface area contributed by atoms with E-state index in [1.807, 2.05) is 22.8 Å². The molecule has 2 saturated carbocycles. The zero-order valence-electron chi connectivity index (χ0n) is 15.4. The molecule has 0 saturated heterocycles. The lowest BCUT2D eigenvalue weighted by Crippen LogP contribution is -2.40. The molecule has 4 rings (SSSR count). The minimum Gasteiger partial charge on any atom is -0.353 e. The molecule has 2 fully saturated rings. The summed E-state index contributed by atoms with van der Waals surface area (Å²) in [5.41, 5.74) is 2.21. The highest BCUT2D eigenvalue weighted by Gasteiger charge is 2.42. The van der Waals surface area contributed by atoms with Crippen molar-refractivity contribution < 1.29 is 4.79 Å². The summed E-state index contributed by atoms with van der Waals surface area (Å²) in [5, 5.41) is 12.2. The summed E-state index contributed by atoms with van der Waals surface area (Å²) in [6, 6.07) is 8.39. The Morgan fingerprint density at radius 2 is 2.19 bits per heavy atom. The first-order chi connectivity index (χ1) is 12.6. The molecule has 4 unspecified atom stereocenters. The molecule has 138 valence electrons. The summed E-state index contributed by atoms with van der Waals surface area (Å²) in [4.78, 5) is 12.4. The maximum absolute atomic E-state index is 12.4. The molecule has 2 aliphatic carbocycles. The fourth-order valence-corrected chi connectivity index (χ4v) is 5.49. The molecule has 1 aromatic heterocycles. The molecule has 1 amide bonds. The maximum atomic E-state index is 12.4. The van der Waals surface area contributed by atoms with Gasteiger partial charge in [0, 0.05) is 6.04 Å². The largest absolute Gasteiger partial charge is 0.353 e. The topological polar surface area (TPSA) is 59.8 Å². The summed E-state index contributed by atoms with van der Waals surface area (Å²) >= 11 is 1.44. The van der Waals surface area contributed by atoms with Crippen molar-refractivity contribution in [3.8, 4) is 5.69 Å². The summed E-state index contributed by atoms with van der Waals surface area (Å²) in [7, 11) is 0. The van der Waals surface area contributed by atoms with E-state index in [2.05, 4.69) is 35.4 Å². The monoisotopic (exact) mass is 370 g/mol. The number of fused-ring (bicyclic) bond motifs is 2. The Bertz CT molecular complexity index is 790. The predicted octanol–water partition coefficient (Wildman–Crippen LogP) is 3.61. The van der Waals surface area contributed by atoms with Crippen molar-refractivity contribution in [2.75, 3.05) is 5.75 Å². The van der Waals surface area contributed by atoms with Gasteiger partial charge < -0.3 is 5.32 Å². The van der Waals surface area contributed by atoms with Crippen LogP contribution in [0.15, 0.2) is 35.7 Å². The van der Waals surface area contributed by atoms with E-state index in [0.29, 0.717) is 11.7 Å². The Balaban J connectivity index is 1.34. The number of carbonyl (C=O) groups is 1. The molecule has 1 heterocycles. The van der Waals surface area contributed by atoms with Gasteiger partial charge in [-0.25, -0.2) is 0 Å². The average Bonchev–Trinajstić information content (AvgIpc) is 3.37. The third-order valence-electron chi connectivity index (χ3n) is 6.05. The van der Waals surface area contributed by atoms with Crippen LogP contribution in [0.5, 0.6) is 0 Å². The zero-order valence-corrected chi connectivity index (χ0v) is 16.2. The van der Waals surface area contributed by atoms with Gasteiger partial charge in [0.05, 0.1) is 11.4 Å². The number of aromatic nitrogens is 3. The van der Waals surface area contributed by atoms with E-state index in [1.54, 1.807) is 6.33 Å². The first-order valence-corrected chi connectivity index (χ1v) is 10.5. The van der Waals surface area contributed by atoms with Crippen LogP contribution in [-0.4, -0.2) is 32.5 Å². The molecule has 1 N–H and O–H groups in total. The van der Waals surface area contributed by atoms with E-state index in [-0.39, 0.29) is 11.9 Å². The van der Waals surface area contributed by atoms with Crippen LogP contribution in [-0.2, 0) is 4.79 Å². The SMILES string of the molecule is Cc1ccccc1-n1cnnc1SCC(=O)NC(C)C1CC2CCC1C2. The Kier molecular flexibility index (Phi) is 5.02. The van der Waals surface area contributed by atoms with Gasteiger partial charge in [0.15, 0.2) is 5.16 Å². The number of nitrogens with one attached hydrogen (secondary N) is 1. The number of aryl methyl sites for hydroxylation is 1. The second-order valence-corrected chi connectivity index (χ2v) is 8.70. The predicted molar refractivity (Wildman–Crippen MR) is 103 cm³/mol. The number of thioether (sulfide) groups is 1. The highest BCUT2D eigenvalue weighted by molar-refractivity contribution is 7.99. The van der Waals surface area contributed by atoms with E-state index < -0.39 is 0 Å². The summed E-state index contributed by atoms with van der Waals surface area (Å²) in [5.74, 6) is 2.86. The van der Waals surface area contributed by atoms with Crippen LogP contribution in [0.3, 0.4) is 0 Å². The van der Waals surface area contributed by atoms with Crippen LogP contribution < -0.4 is 5.32 Å². The number of benzene rings is 1. The van der Waals surface area contributed by atoms with E-state index in [4.69, 9.17) is 0 Å². The van der Waals surface area contributed by atoms with Crippen LogP contribution in [0.25, 0.3) is 5.69 Å². The molecule has 2 bridgehead atoms. The lowest BCUT2D eigenvalue weighted by atomic mass is 9.84. The Morgan fingerprint density at radius 3 is 2.92 bits per heavy atom. The third-order valence-corrected chi connectivity index (χ3v) is 6.99. The van der Waals surface area contributed by atoms with E-state index in [0.717, 1.165) is 28.2 Å². The van der Waals surface area contributed by atoms with Crippen molar-refractivity contribution in [1.29, 1.82) is 0 Å². The van der Waals surface area contributed by atoms with Gasteiger partial charge in [0.1, 0.15) is 6.33 Å². The minimum absolute atomic E-state index is 0.0876. The molecule has 0 aliphatic heterocycles. The average molecular weight is 371 g/mol. The van der Waals surface area contributed by atoms with Crippen LogP contribution in [0.4, 0.5) is 0 Å². The number of para-hydroxylation sites is 1. The number of hydrogen-bond acceptors (Lipinski definition) is 4. The van der Waals surface area contributed by atoms with Gasteiger partial charge in [-0.1, -0.05) is 36.4 Å². The summed E-state index contributed by atoms with van der Waals surface area (Å²) in [6.45, 7) is 4.23. The van der Waals surface area contributed by atoms with E-state index in [1.165, 1.54) is 37.4 Å². The molecule has 0 spiro atoms. The van der Waals surface area contributed by atoms with Gasteiger partial charge in [-0.2, -0.15) is 0 Å². The van der Waals surface area contributed by atoms with Crippen molar-refractivity contribution in [3.63, 3.8) is 0 Å². The lowest BCUT2D eigenvalue weighted by molar-refractivity contribution is -0.119. The normalized spacial score (nSPS) is 25.4. The fraction of sp³-hybridized carbons (Fsp3) is 0.550. The first-order valence-electron chi connectivity index (χ1n) is 9.50. The quantitative estimate of drug-likeness (QED) is 0.789. The van der Waals surface area contributed by atoms with Crippen LogP contribution in [0.1, 0.15) is 38.2 Å². The van der Waals surface area contributed by atoms with Gasteiger partial charge in [-0.15, -0.1) is 10.2 Å². The Labute approximate surface area is 159 Å². The summed E-state index contributed by atoms with van der Waals surface area (Å²) in [6.07, 6.45) is 7.12. The molecule has 4 atom stereocenters. The smallest absolute Gasteiger partial charge is 0.230 e. The molecule has 2 aliphatic rings. The van der Waals surface area contributed by atoms with Crippen LogP contribution in [0.2, 0.25) is 0 Å². The first kappa shape index (κ1) is 17.6. The molecule has 0 radical (unpaired) electrons. The van der Waals surface area contributed by atoms with Crippen molar-refractivity contribution in [2.24, 2.45) is 17.8 Å². The van der Waals surface area contributed by atoms with Gasteiger partial charge in [-0.3, -0.25) is 9.36 Å². The van der Waals surface area contributed by atoms with Crippen LogP contribution in [0, 0.1) is 24.7 Å². The van der Waals surface area contributed by atoms with Crippen molar-refractivity contribution in [1.82, 2.24) is 20.1 Å². The van der Waals surface area contributed by atoms with Crippen molar-refractivity contribution in [3.05, 3.63) is 36.2 Å². The molecular weight excluding hydrogens is 344 g/mol. The van der Waals surface area contributed by atoms with Gasteiger partial charge in [0.2, 0.25) is 5.91 Å². The zero-order chi connectivity index (χ0) is 18.1. The van der Waals surface area contributed by atoms with Gasteiger partial charge in [-0.05, 0) is 62.5 Å². The lowest BCUT2D eigenvalue weighted by Gasteiger charge is -2.28. The standard InChI is InChI=1S/C20H26N4OS/c1-13-5-3-4-6-18(13)24-12-21-23-20(24)26-11-19(25)22-14(2)17-10-15-7-8-16(17)9-15/h3-6,12,14-17H,7-11H2,1-2H3,(H,22,25). The Morgan fingerprint density at radius 1 is 1.35 bits per heavy atom. The van der Waals surface area contributed by atoms with E-state index in [9.17, 15) is 4.79 Å². The highest BCUT2D eigenvalue weighted by Crippen LogP contribution is 2.49. The maximum Gasteiger partial charge on any atom is 0.230 e. The number of carbonyl (C=O) groups excluding carboxylic acids is 1. The number of hydrogen-bond donors (Lipinski definition) is 1. The fourth-order valence-electron chi connectivity index (χ4n) is 4.76. The second-order valence-electron chi connectivity index (χ2n) is 7.75. The highest BCUT2D eigenvalue weighted by atomic mass is 32.2. The van der Waals surface area contributed by atoms with Gasteiger partial charge >= 0.3 is 0 Å². The molecular formula is C20H26N4OS. The number of nitrogens with zero attached hydrogens (tertiary/aromatic N) is 3. The summed E-state index contributed by atoms with van der Waals surface area (Å²) < 4.78 is 1.95. The van der Waals surface area contributed by atoms with Crippen molar-refractivity contribution >= 4 is 17.7 Å². The number of rotatable bonds is 6. The minimum atomic E-state index is 0.0876. The molecule has 2 aromatic rings. The van der Waals surface area contributed by atoms with E-state index >= 15 is 0 Å². The van der Waals surface area contributed by atoms with Gasteiger partial charge in [0.25, 0.3) is 0 Å². The number of amides is 1. The second kappa shape index (κ2) is 7.43. The third kappa shape index (κ3) is 3.52. The van der Waals surface area contributed by atoms with Crippen LogP contribution >= 0.6 is 11.8 Å². The molecule has 6 heteroatoms. The molecule has 5 nitrogen and oxygen atoms in total. The van der Waals surface area contributed by atoms with Crippen molar-refractivity contribution in [2.45, 2.75) is 50.7 Å². The molecule has 26 heavy (non-hydrogen) atoms. The molecule has 1 aromatic carbocycles.